The smallest absolute Gasteiger partial charge is 0.479 e. The Bertz CT molecular complexity index is 1310. The molecule has 0 aromatic heterocycles. The Hall–Kier alpha value is -3.29. The van der Waals surface area contributed by atoms with Crippen LogP contribution in [0.15, 0.2) is 83.9 Å². The van der Waals surface area contributed by atoms with Crippen molar-refractivity contribution >= 4 is 24.3 Å². The van der Waals surface area contributed by atoms with Crippen LogP contribution in [-0.2, 0) is 20.5 Å². The van der Waals surface area contributed by atoms with Gasteiger partial charge in [0.25, 0.3) is 0 Å². The average molecular weight is 529 g/mol. The molecule has 1 N–H and O–H groups in total. The van der Waals surface area contributed by atoms with E-state index >= 15 is 4.39 Å². The van der Waals surface area contributed by atoms with Crippen LogP contribution in [0.3, 0.4) is 0 Å². The second kappa shape index (κ2) is 10.4. The highest BCUT2D eigenvalue weighted by atomic mass is 19.1. The molecule has 1 heterocycles. The fraction of sp³-hybridized carbons (Fsp3) is 0.375. The summed E-state index contributed by atoms with van der Waals surface area (Å²) in [5.41, 5.74) is -0.713. The lowest BCUT2D eigenvalue weighted by Gasteiger charge is -2.39. The van der Waals surface area contributed by atoms with Crippen LogP contribution in [0.1, 0.15) is 65.2 Å². The summed E-state index contributed by atoms with van der Waals surface area (Å²) in [6.45, 7) is 13.3. The first-order valence-corrected chi connectivity index (χ1v) is 13.2. The molecule has 1 fully saturated rings. The third kappa shape index (κ3) is 5.56. The molecule has 0 aliphatic carbocycles. The first kappa shape index (κ1) is 28.7. The van der Waals surface area contributed by atoms with Crippen molar-refractivity contribution in [3.8, 4) is 0 Å². The predicted molar refractivity (Wildman–Crippen MR) is 154 cm³/mol. The molecule has 204 valence electrons. The normalized spacial score (nSPS) is 17.9. The van der Waals surface area contributed by atoms with Gasteiger partial charge in [-0.3, -0.25) is 4.99 Å². The molecular weight excluding hydrogens is 492 g/mol. The minimum absolute atomic E-state index is 0.134. The standard InChI is InChI=1S/C32H37BFNO4/c1-29(2,3)32(28(36)37,35-27(22-14-10-8-11-15-22)23-16-12-9-13-17-23)21-24-18-19-25(20-26(24)34)33-38-30(4,5)31(6,7)39-33/h8-20H,21H2,1-7H3,(H,36,37). The maximum atomic E-state index is 15.7. The average Bonchev–Trinajstić information content (AvgIpc) is 3.09. The molecule has 3 aromatic carbocycles. The topological polar surface area (TPSA) is 68.1 Å². The van der Waals surface area contributed by atoms with Crippen molar-refractivity contribution in [2.45, 2.75) is 71.6 Å². The van der Waals surface area contributed by atoms with Gasteiger partial charge in [-0.2, -0.15) is 0 Å². The van der Waals surface area contributed by atoms with Crippen LogP contribution in [0.4, 0.5) is 4.39 Å². The van der Waals surface area contributed by atoms with Crippen molar-refractivity contribution in [3.05, 3.63) is 101 Å². The van der Waals surface area contributed by atoms with Gasteiger partial charge in [0.2, 0.25) is 0 Å². The number of carbonyl (C=O) groups is 1. The predicted octanol–water partition coefficient (Wildman–Crippen LogP) is 6.07. The van der Waals surface area contributed by atoms with Gasteiger partial charge >= 0.3 is 13.1 Å². The number of hydrogen-bond acceptors (Lipinski definition) is 4. The fourth-order valence-corrected chi connectivity index (χ4v) is 4.70. The molecule has 0 bridgehead atoms. The highest BCUT2D eigenvalue weighted by Gasteiger charge is 2.52. The van der Waals surface area contributed by atoms with Crippen LogP contribution in [0, 0.1) is 11.2 Å². The minimum Gasteiger partial charge on any atom is -0.479 e. The van der Waals surface area contributed by atoms with Gasteiger partial charge in [-0.1, -0.05) is 93.6 Å². The molecule has 0 spiro atoms. The summed E-state index contributed by atoms with van der Waals surface area (Å²) in [6.07, 6.45) is -0.134. The number of benzene rings is 3. The van der Waals surface area contributed by atoms with E-state index < -0.39 is 41.1 Å². The summed E-state index contributed by atoms with van der Waals surface area (Å²) in [5.74, 6) is -1.64. The summed E-state index contributed by atoms with van der Waals surface area (Å²) >= 11 is 0. The number of halogens is 1. The Kier molecular flexibility index (Phi) is 7.63. The van der Waals surface area contributed by atoms with Crippen LogP contribution >= 0.6 is 0 Å². The summed E-state index contributed by atoms with van der Waals surface area (Å²) in [4.78, 5) is 18.1. The molecule has 4 rings (SSSR count). The molecule has 1 saturated heterocycles. The lowest BCUT2D eigenvalue weighted by atomic mass is 9.69. The Morgan fingerprint density at radius 1 is 0.872 bits per heavy atom. The van der Waals surface area contributed by atoms with Crippen molar-refractivity contribution in [1.82, 2.24) is 0 Å². The number of hydrogen-bond donors (Lipinski definition) is 1. The van der Waals surface area contributed by atoms with Crippen LogP contribution < -0.4 is 5.46 Å². The van der Waals surface area contributed by atoms with Crippen molar-refractivity contribution in [2.75, 3.05) is 0 Å². The van der Waals surface area contributed by atoms with Crippen LogP contribution in [-0.4, -0.2) is 40.6 Å². The number of aliphatic imine (C=N–C) groups is 1. The third-order valence-electron chi connectivity index (χ3n) is 8.04. The molecule has 1 aliphatic rings. The molecule has 0 saturated carbocycles. The number of carboxylic acids is 1. The molecule has 5 nitrogen and oxygen atoms in total. The minimum atomic E-state index is -1.67. The zero-order valence-corrected chi connectivity index (χ0v) is 23.8. The second-order valence-electron chi connectivity index (χ2n) is 12.2. The van der Waals surface area contributed by atoms with E-state index in [2.05, 4.69) is 0 Å². The third-order valence-corrected chi connectivity index (χ3v) is 8.04. The summed E-state index contributed by atoms with van der Waals surface area (Å²) in [7, 11) is -0.716. The second-order valence-corrected chi connectivity index (χ2v) is 12.2. The number of rotatable bonds is 7. The Labute approximate surface area is 231 Å². The summed E-state index contributed by atoms with van der Waals surface area (Å²) in [6, 6.07) is 23.7. The van der Waals surface area contributed by atoms with Crippen molar-refractivity contribution in [3.63, 3.8) is 0 Å². The summed E-state index contributed by atoms with van der Waals surface area (Å²) in [5, 5.41) is 10.7. The van der Waals surface area contributed by atoms with E-state index in [0.717, 1.165) is 11.1 Å². The first-order chi connectivity index (χ1) is 18.2. The number of aliphatic carboxylic acids is 1. The lowest BCUT2D eigenvalue weighted by Crippen LogP contribution is -2.51. The quantitative estimate of drug-likeness (QED) is 0.298. The van der Waals surface area contributed by atoms with Gasteiger partial charge < -0.3 is 14.4 Å². The van der Waals surface area contributed by atoms with Gasteiger partial charge in [0, 0.05) is 17.5 Å². The molecule has 1 atom stereocenters. The first-order valence-electron chi connectivity index (χ1n) is 13.2. The Morgan fingerprint density at radius 3 is 1.77 bits per heavy atom. The zero-order valence-electron chi connectivity index (χ0n) is 23.8. The number of nitrogens with zero attached hydrogens (tertiary/aromatic N) is 1. The lowest BCUT2D eigenvalue weighted by molar-refractivity contribution is -0.147. The van der Waals surface area contributed by atoms with Crippen LogP contribution in [0.25, 0.3) is 0 Å². The molecule has 1 aliphatic heterocycles. The van der Waals surface area contributed by atoms with E-state index in [0.29, 0.717) is 11.2 Å². The van der Waals surface area contributed by atoms with Crippen LogP contribution in [0.5, 0.6) is 0 Å². The van der Waals surface area contributed by atoms with Gasteiger partial charge in [-0.25, -0.2) is 9.18 Å². The monoisotopic (exact) mass is 529 g/mol. The molecule has 0 radical (unpaired) electrons. The molecular formula is C32H37BFNO4. The van der Waals surface area contributed by atoms with Gasteiger partial charge in [0.1, 0.15) is 5.82 Å². The molecule has 39 heavy (non-hydrogen) atoms. The van der Waals surface area contributed by atoms with E-state index in [-0.39, 0.29) is 12.0 Å². The van der Waals surface area contributed by atoms with Gasteiger partial charge in [0.15, 0.2) is 5.54 Å². The van der Waals surface area contributed by atoms with E-state index in [9.17, 15) is 9.90 Å². The van der Waals surface area contributed by atoms with Gasteiger partial charge in [-0.05, 0) is 50.2 Å². The maximum absolute atomic E-state index is 15.7. The van der Waals surface area contributed by atoms with Gasteiger partial charge in [-0.15, -0.1) is 0 Å². The van der Waals surface area contributed by atoms with Crippen LogP contribution in [0.2, 0.25) is 0 Å². The highest BCUT2D eigenvalue weighted by molar-refractivity contribution is 6.62. The Morgan fingerprint density at radius 2 is 1.36 bits per heavy atom. The van der Waals surface area contributed by atoms with Crippen molar-refractivity contribution < 1.29 is 23.6 Å². The van der Waals surface area contributed by atoms with E-state index in [1.807, 2.05) is 109 Å². The molecule has 0 amide bonds. The molecule has 1 unspecified atom stereocenters. The zero-order chi connectivity index (χ0) is 28.6. The fourth-order valence-electron chi connectivity index (χ4n) is 4.70. The van der Waals surface area contributed by atoms with Crippen molar-refractivity contribution in [1.29, 1.82) is 0 Å². The SMILES string of the molecule is CC(C)(C)C(Cc1ccc(B2OC(C)(C)C(C)(C)O2)cc1F)(N=C(c1ccccc1)c1ccccc1)C(=O)O. The van der Waals surface area contributed by atoms with E-state index in [4.69, 9.17) is 14.3 Å². The van der Waals surface area contributed by atoms with Gasteiger partial charge in [0.05, 0.1) is 16.9 Å². The molecule has 3 aromatic rings. The highest BCUT2D eigenvalue weighted by Crippen LogP contribution is 2.40. The van der Waals surface area contributed by atoms with E-state index in [1.54, 1.807) is 12.1 Å². The number of carboxylic acid groups (broad SMARTS) is 1. The summed E-state index contributed by atoms with van der Waals surface area (Å²) < 4.78 is 27.9. The van der Waals surface area contributed by atoms with Crippen molar-refractivity contribution in [2.24, 2.45) is 10.4 Å². The molecule has 7 heteroatoms. The maximum Gasteiger partial charge on any atom is 0.494 e. The largest absolute Gasteiger partial charge is 0.494 e. The Balaban J connectivity index is 1.81. The van der Waals surface area contributed by atoms with E-state index in [1.165, 1.54) is 6.07 Å².